The number of fused-ring (bicyclic) bond motifs is 1. The molecule has 0 fully saturated rings. The lowest BCUT2D eigenvalue weighted by molar-refractivity contribution is 0.101. The van der Waals surface area contributed by atoms with Crippen LogP contribution in [-0.4, -0.2) is 17.3 Å². The van der Waals surface area contributed by atoms with E-state index in [0.717, 1.165) is 25.2 Å². The third-order valence-electron chi connectivity index (χ3n) is 3.28. The largest absolute Gasteiger partial charge is 0.366 e. The second kappa shape index (κ2) is 4.53. The molecule has 0 bridgehead atoms. The van der Waals surface area contributed by atoms with Gasteiger partial charge in [0.25, 0.3) is 0 Å². The zero-order valence-corrected chi connectivity index (χ0v) is 11.0. The van der Waals surface area contributed by atoms with Crippen molar-refractivity contribution in [1.82, 2.24) is 4.98 Å². The minimum absolute atomic E-state index is 0.0142. The molecule has 18 heavy (non-hydrogen) atoms. The summed E-state index contributed by atoms with van der Waals surface area (Å²) in [5.41, 5.74) is 3.05. The number of carbonyl (C=O) groups excluding carboxylic acids is 1. The Kier molecular flexibility index (Phi) is 2.88. The number of rotatable bonds is 2. The molecule has 0 saturated heterocycles. The molecule has 3 heterocycles. The maximum Gasteiger partial charge on any atom is 0.178 e. The molecule has 3 nitrogen and oxygen atoms in total. The number of ketones is 1. The van der Waals surface area contributed by atoms with Gasteiger partial charge in [0.1, 0.15) is 5.69 Å². The first-order valence-corrected chi connectivity index (χ1v) is 6.89. The summed E-state index contributed by atoms with van der Waals surface area (Å²) in [5.74, 6) is 0.0142. The summed E-state index contributed by atoms with van der Waals surface area (Å²) in [6.07, 6.45) is 2.90. The molecule has 0 radical (unpaired) electrons. The highest BCUT2D eigenvalue weighted by Gasteiger charge is 2.17. The van der Waals surface area contributed by atoms with Gasteiger partial charge in [-0.05, 0) is 35.6 Å². The number of carbonyl (C=O) groups is 1. The smallest absolute Gasteiger partial charge is 0.178 e. The summed E-state index contributed by atoms with van der Waals surface area (Å²) in [5, 5.41) is 2.16. The summed E-state index contributed by atoms with van der Waals surface area (Å²) in [6.45, 7) is 3.51. The number of aromatic nitrogens is 1. The highest BCUT2D eigenvalue weighted by molar-refractivity contribution is 7.10. The molecule has 0 unspecified atom stereocenters. The lowest BCUT2D eigenvalue weighted by Crippen LogP contribution is -2.29. The molecular weight excluding hydrogens is 244 g/mol. The third-order valence-corrected chi connectivity index (χ3v) is 4.30. The van der Waals surface area contributed by atoms with E-state index in [-0.39, 0.29) is 5.78 Å². The van der Waals surface area contributed by atoms with Crippen molar-refractivity contribution in [2.75, 3.05) is 11.4 Å². The first kappa shape index (κ1) is 11.4. The molecule has 1 aliphatic rings. The Labute approximate surface area is 110 Å². The quantitative estimate of drug-likeness (QED) is 0.777. The van der Waals surface area contributed by atoms with Gasteiger partial charge < -0.3 is 4.90 Å². The lowest BCUT2D eigenvalue weighted by Gasteiger charge is -2.28. The summed E-state index contributed by atoms with van der Waals surface area (Å²) < 4.78 is 0. The third kappa shape index (κ3) is 2.04. The van der Waals surface area contributed by atoms with Crippen molar-refractivity contribution in [2.24, 2.45) is 0 Å². The van der Waals surface area contributed by atoms with Crippen LogP contribution in [0.4, 0.5) is 5.69 Å². The van der Waals surface area contributed by atoms with E-state index in [0.29, 0.717) is 5.69 Å². The number of hydrogen-bond acceptors (Lipinski definition) is 4. The second-order valence-corrected chi connectivity index (χ2v) is 5.50. The zero-order valence-electron chi connectivity index (χ0n) is 10.2. The van der Waals surface area contributed by atoms with Crippen LogP contribution >= 0.6 is 11.3 Å². The summed E-state index contributed by atoms with van der Waals surface area (Å²) in [6, 6.07) is 5.99. The normalized spacial score (nSPS) is 14.4. The Morgan fingerprint density at radius 3 is 3.00 bits per heavy atom. The van der Waals surface area contributed by atoms with Gasteiger partial charge in [-0.3, -0.25) is 9.78 Å². The van der Waals surface area contributed by atoms with Crippen LogP contribution in [0.15, 0.2) is 29.8 Å². The van der Waals surface area contributed by atoms with Crippen LogP contribution in [0.1, 0.15) is 27.9 Å². The molecule has 0 amide bonds. The Morgan fingerprint density at radius 1 is 1.39 bits per heavy atom. The van der Waals surface area contributed by atoms with Gasteiger partial charge in [0.2, 0.25) is 0 Å². The minimum atomic E-state index is 0.0142. The summed E-state index contributed by atoms with van der Waals surface area (Å²) in [7, 11) is 0. The van der Waals surface area contributed by atoms with Crippen LogP contribution in [0.3, 0.4) is 0 Å². The monoisotopic (exact) mass is 258 g/mol. The van der Waals surface area contributed by atoms with E-state index in [1.54, 1.807) is 19.2 Å². The second-order valence-electron chi connectivity index (χ2n) is 4.50. The van der Waals surface area contributed by atoms with Crippen LogP contribution in [0.25, 0.3) is 0 Å². The Balaban J connectivity index is 1.82. The average molecular weight is 258 g/mol. The van der Waals surface area contributed by atoms with E-state index in [1.807, 2.05) is 17.4 Å². The molecule has 3 rings (SSSR count). The Hall–Kier alpha value is -1.68. The number of thiophene rings is 1. The highest BCUT2D eigenvalue weighted by atomic mass is 32.1. The van der Waals surface area contributed by atoms with Gasteiger partial charge in [-0.15, -0.1) is 11.3 Å². The van der Waals surface area contributed by atoms with Gasteiger partial charge in [0.05, 0.1) is 11.9 Å². The molecule has 0 aromatic carbocycles. The van der Waals surface area contributed by atoms with Gasteiger partial charge in [-0.2, -0.15) is 0 Å². The topological polar surface area (TPSA) is 33.2 Å². The van der Waals surface area contributed by atoms with Gasteiger partial charge >= 0.3 is 0 Å². The van der Waals surface area contributed by atoms with Gasteiger partial charge in [0, 0.05) is 24.9 Å². The molecule has 4 heteroatoms. The van der Waals surface area contributed by atoms with Crippen LogP contribution in [0.2, 0.25) is 0 Å². The van der Waals surface area contributed by atoms with E-state index in [2.05, 4.69) is 21.3 Å². The van der Waals surface area contributed by atoms with E-state index in [4.69, 9.17) is 0 Å². The number of Topliss-reactive ketones (excluding diaryl/α,β-unsaturated/α-hetero) is 1. The maximum absolute atomic E-state index is 11.2. The fourth-order valence-corrected chi connectivity index (χ4v) is 3.14. The fourth-order valence-electron chi connectivity index (χ4n) is 2.25. The lowest BCUT2D eigenvalue weighted by atomic mass is 10.1. The van der Waals surface area contributed by atoms with Gasteiger partial charge in [-0.1, -0.05) is 0 Å². The van der Waals surface area contributed by atoms with Crippen LogP contribution in [0.5, 0.6) is 0 Å². The van der Waals surface area contributed by atoms with E-state index in [9.17, 15) is 4.79 Å². The Morgan fingerprint density at radius 2 is 2.28 bits per heavy atom. The van der Waals surface area contributed by atoms with Crippen molar-refractivity contribution in [3.8, 4) is 0 Å². The first-order chi connectivity index (χ1) is 8.74. The van der Waals surface area contributed by atoms with Gasteiger partial charge in [0.15, 0.2) is 5.78 Å². The van der Waals surface area contributed by atoms with Gasteiger partial charge in [-0.25, -0.2) is 0 Å². The van der Waals surface area contributed by atoms with Crippen molar-refractivity contribution >= 4 is 22.8 Å². The van der Waals surface area contributed by atoms with Crippen LogP contribution < -0.4 is 4.90 Å². The fraction of sp³-hybridized carbons (Fsp3) is 0.286. The summed E-state index contributed by atoms with van der Waals surface area (Å²) in [4.78, 5) is 19.2. The van der Waals surface area contributed by atoms with E-state index in [1.165, 1.54) is 10.4 Å². The predicted octanol–water partition coefficient (Wildman–Crippen LogP) is 2.91. The van der Waals surface area contributed by atoms with Crippen molar-refractivity contribution in [3.63, 3.8) is 0 Å². The molecule has 92 valence electrons. The number of anilines is 1. The van der Waals surface area contributed by atoms with E-state index < -0.39 is 0 Å². The molecule has 0 atom stereocenters. The van der Waals surface area contributed by atoms with Crippen LogP contribution in [-0.2, 0) is 13.0 Å². The molecular formula is C14H14N2OS. The molecule has 0 spiro atoms. The first-order valence-electron chi connectivity index (χ1n) is 6.01. The molecule has 0 aliphatic carbocycles. The molecule has 2 aromatic rings. The van der Waals surface area contributed by atoms with Crippen molar-refractivity contribution in [1.29, 1.82) is 0 Å². The Bertz CT molecular complexity index is 574. The summed E-state index contributed by atoms with van der Waals surface area (Å²) >= 11 is 1.84. The minimum Gasteiger partial charge on any atom is -0.366 e. The van der Waals surface area contributed by atoms with Crippen molar-refractivity contribution in [3.05, 3.63) is 45.9 Å². The number of pyridine rings is 1. The molecule has 0 saturated carbocycles. The molecule has 0 N–H and O–H groups in total. The molecule has 1 aliphatic heterocycles. The zero-order chi connectivity index (χ0) is 12.5. The van der Waals surface area contributed by atoms with Crippen molar-refractivity contribution in [2.45, 2.75) is 19.9 Å². The van der Waals surface area contributed by atoms with Crippen LogP contribution in [0, 0.1) is 0 Å². The highest BCUT2D eigenvalue weighted by Crippen LogP contribution is 2.27. The average Bonchev–Trinajstić information content (AvgIpc) is 2.86. The number of hydrogen-bond donors (Lipinski definition) is 0. The maximum atomic E-state index is 11.2. The number of nitrogens with zero attached hydrogens (tertiary/aromatic N) is 2. The van der Waals surface area contributed by atoms with Crippen molar-refractivity contribution < 1.29 is 4.79 Å². The standard InChI is InChI=1S/C14H14N2OS/c1-10(17)13-3-2-12(8-15-13)16-6-4-14-11(9-16)5-7-18-14/h2-3,5,7-8H,4,6,9H2,1H3. The predicted molar refractivity (Wildman–Crippen MR) is 73.3 cm³/mol. The molecule has 2 aromatic heterocycles. The van der Waals surface area contributed by atoms with E-state index >= 15 is 0 Å². The SMILES string of the molecule is CC(=O)c1ccc(N2CCc3sccc3C2)cn1.